The number of anilines is 1. The maximum Gasteiger partial charge on any atom is 0.320 e. The standard InChI is InChI=1S/C19H24N6O2/c1-4-14(3)25-17(11-13(2)23-25)22-19(27)20-9-10-24-18(26)16-8-6-5-7-15(16)12-21-24/h5-8,11-12,14H,4,9-10H2,1-3H3,(H2,20,22,27)/t14-/m1/s1. The van der Waals surface area contributed by atoms with Crippen molar-refractivity contribution in [2.24, 2.45) is 0 Å². The summed E-state index contributed by atoms with van der Waals surface area (Å²) in [4.78, 5) is 24.6. The molecule has 8 heteroatoms. The zero-order valence-corrected chi connectivity index (χ0v) is 15.8. The van der Waals surface area contributed by atoms with Crippen LogP contribution in [0.2, 0.25) is 0 Å². The van der Waals surface area contributed by atoms with E-state index in [-0.39, 0.29) is 24.2 Å². The van der Waals surface area contributed by atoms with Crippen molar-refractivity contribution in [2.75, 3.05) is 11.9 Å². The molecule has 0 aliphatic heterocycles. The number of rotatable bonds is 6. The lowest BCUT2D eigenvalue weighted by Crippen LogP contribution is -2.35. The second-order valence-electron chi connectivity index (χ2n) is 6.51. The first kappa shape index (κ1) is 18.6. The van der Waals surface area contributed by atoms with Crippen molar-refractivity contribution < 1.29 is 4.79 Å². The van der Waals surface area contributed by atoms with Gasteiger partial charge in [-0.1, -0.05) is 25.1 Å². The number of hydrogen-bond acceptors (Lipinski definition) is 4. The molecule has 0 aliphatic rings. The van der Waals surface area contributed by atoms with Crippen molar-refractivity contribution >= 4 is 22.6 Å². The Bertz CT molecular complexity index is 1010. The van der Waals surface area contributed by atoms with Crippen LogP contribution in [0.25, 0.3) is 10.8 Å². The van der Waals surface area contributed by atoms with Gasteiger partial charge in [-0.05, 0) is 26.3 Å². The molecule has 27 heavy (non-hydrogen) atoms. The molecule has 1 aromatic carbocycles. The Labute approximate surface area is 157 Å². The molecule has 2 N–H and O–H groups in total. The Morgan fingerprint density at radius 3 is 2.85 bits per heavy atom. The average molecular weight is 368 g/mol. The van der Waals surface area contributed by atoms with Crippen molar-refractivity contribution in [1.29, 1.82) is 0 Å². The first-order valence-electron chi connectivity index (χ1n) is 9.05. The van der Waals surface area contributed by atoms with Crippen molar-refractivity contribution in [1.82, 2.24) is 24.9 Å². The first-order chi connectivity index (χ1) is 13.0. The van der Waals surface area contributed by atoms with Gasteiger partial charge in [0.15, 0.2) is 0 Å². The lowest BCUT2D eigenvalue weighted by Gasteiger charge is -2.14. The minimum atomic E-state index is -0.340. The van der Waals surface area contributed by atoms with Crippen LogP contribution in [-0.4, -0.2) is 32.1 Å². The van der Waals surface area contributed by atoms with Crippen LogP contribution >= 0.6 is 0 Å². The Morgan fingerprint density at radius 2 is 2.07 bits per heavy atom. The van der Waals surface area contributed by atoms with E-state index in [0.29, 0.717) is 17.7 Å². The number of benzene rings is 1. The second kappa shape index (κ2) is 8.03. The summed E-state index contributed by atoms with van der Waals surface area (Å²) in [7, 11) is 0. The molecular formula is C19H24N6O2. The van der Waals surface area contributed by atoms with Gasteiger partial charge in [0.2, 0.25) is 0 Å². The highest BCUT2D eigenvalue weighted by Gasteiger charge is 2.13. The van der Waals surface area contributed by atoms with E-state index in [4.69, 9.17) is 0 Å². The molecule has 3 rings (SSSR count). The van der Waals surface area contributed by atoms with Gasteiger partial charge in [-0.2, -0.15) is 10.2 Å². The molecule has 0 radical (unpaired) electrons. The molecule has 1 atom stereocenters. The predicted molar refractivity (Wildman–Crippen MR) is 105 cm³/mol. The fourth-order valence-corrected chi connectivity index (χ4v) is 2.84. The van der Waals surface area contributed by atoms with E-state index in [1.54, 1.807) is 12.3 Å². The normalized spacial score (nSPS) is 12.1. The molecule has 0 saturated carbocycles. The summed E-state index contributed by atoms with van der Waals surface area (Å²) in [6.45, 7) is 6.58. The fourth-order valence-electron chi connectivity index (χ4n) is 2.84. The van der Waals surface area contributed by atoms with Crippen LogP contribution in [-0.2, 0) is 6.54 Å². The highest BCUT2D eigenvalue weighted by atomic mass is 16.2. The summed E-state index contributed by atoms with van der Waals surface area (Å²) in [5.74, 6) is 0.653. The molecule has 0 unspecified atom stereocenters. The average Bonchev–Trinajstić information content (AvgIpc) is 3.03. The van der Waals surface area contributed by atoms with Crippen molar-refractivity contribution in [3.05, 3.63) is 52.6 Å². The molecule has 2 amide bonds. The number of nitrogens with one attached hydrogen (secondary N) is 2. The SMILES string of the molecule is CC[C@@H](C)n1nc(C)cc1NC(=O)NCCn1ncc2ccccc2c1=O. The van der Waals surface area contributed by atoms with Gasteiger partial charge in [0.25, 0.3) is 5.56 Å². The molecule has 142 valence electrons. The molecule has 0 bridgehead atoms. The van der Waals surface area contributed by atoms with Crippen molar-refractivity contribution in [3.63, 3.8) is 0 Å². The van der Waals surface area contributed by atoms with E-state index in [0.717, 1.165) is 17.5 Å². The van der Waals surface area contributed by atoms with Crippen LogP contribution in [0, 0.1) is 6.92 Å². The molecule has 0 fully saturated rings. The van der Waals surface area contributed by atoms with Crippen LogP contribution in [0.3, 0.4) is 0 Å². The summed E-state index contributed by atoms with van der Waals surface area (Å²) < 4.78 is 3.17. The van der Waals surface area contributed by atoms with E-state index in [1.165, 1.54) is 4.68 Å². The maximum absolute atomic E-state index is 12.4. The third kappa shape index (κ3) is 4.16. The van der Waals surface area contributed by atoms with Gasteiger partial charge in [-0.15, -0.1) is 0 Å². The molecule has 0 saturated heterocycles. The molecular weight excluding hydrogens is 344 g/mol. The van der Waals surface area contributed by atoms with Gasteiger partial charge in [0, 0.05) is 18.0 Å². The van der Waals surface area contributed by atoms with Crippen LogP contribution in [0.15, 0.2) is 41.3 Å². The Morgan fingerprint density at radius 1 is 1.30 bits per heavy atom. The number of amides is 2. The van der Waals surface area contributed by atoms with Gasteiger partial charge >= 0.3 is 6.03 Å². The number of carbonyl (C=O) groups is 1. The van der Waals surface area contributed by atoms with Gasteiger partial charge in [-0.25, -0.2) is 14.2 Å². The third-order valence-electron chi connectivity index (χ3n) is 4.48. The lowest BCUT2D eigenvalue weighted by molar-refractivity contribution is 0.251. The Balaban J connectivity index is 1.61. The number of aryl methyl sites for hydroxylation is 1. The fraction of sp³-hybridized carbons (Fsp3) is 0.368. The lowest BCUT2D eigenvalue weighted by atomic mass is 10.2. The number of hydrogen-bond donors (Lipinski definition) is 2. The summed E-state index contributed by atoms with van der Waals surface area (Å²) >= 11 is 0. The van der Waals surface area contributed by atoms with Crippen molar-refractivity contribution in [2.45, 2.75) is 39.8 Å². The maximum atomic E-state index is 12.4. The molecule has 2 heterocycles. The highest BCUT2D eigenvalue weighted by Crippen LogP contribution is 2.18. The highest BCUT2D eigenvalue weighted by molar-refractivity contribution is 5.88. The minimum Gasteiger partial charge on any atom is -0.336 e. The smallest absolute Gasteiger partial charge is 0.320 e. The third-order valence-corrected chi connectivity index (χ3v) is 4.48. The molecule has 0 aliphatic carbocycles. The number of fused-ring (bicyclic) bond motifs is 1. The van der Waals surface area contributed by atoms with E-state index >= 15 is 0 Å². The van der Waals surface area contributed by atoms with Gasteiger partial charge < -0.3 is 5.32 Å². The van der Waals surface area contributed by atoms with Crippen LogP contribution < -0.4 is 16.2 Å². The van der Waals surface area contributed by atoms with Crippen molar-refractivity contribution in [3.8, 4) is 0 Å². The Kier molecular flexibility index (Phi) is 5.54. The van der Waals surface area contributed by atoms with E-state index in [2.05, 4.69) is 27.8 Å². The quantitative estimate of drug-likeness (QED) is 0.699. The van der Waals surface area contributed by atoms with Gasteiger partial charge in [-0.3, -0.25) is 10.1 Å². The van der Waals surface area contributed by atoms with Crippen LogP contribution in [0.1, 0.15) is 32.0 Å². The van der Waals surface area contributed by atoms with Gasteiger partial charge in [0.05, 0.1) is 29.9 Å². The molecule has 2 aromatic heterocycles. The number of aromatic nitrogens is 4. The summed E-state index contributed by atoms with van der Waals surface area (Å²) in [5.41, 5.74) is 0.679. The largest absolute Gasteiger partial charge is 0.336 e. The molecule has 0 spiro atoms. The van der Waals surface area contributed by atoms with Crippen LogP contribution in [0.4, 0.5) is 10.6 Å². The summed E-state index contributed by atoms with van der Waals surface area (Å²) in [6.07, 6.45) is 2.57. The molecule has 3 aromatic rings. The topological polar surface area (TPSA) is 93.8 Å². The summed E-state index contributed by atoms with van der Waals surface area (Å²) in [5, 5.41) is 15.6. The van der Waals surface area contributed by atoms with Crippen LogP contribution in [0.5, 0.6) is 0 Å². The number of nitrogens with zero attached hydrogens (tertiary/aromatic N) is 4. The van der Waals surface area contributed by atoms with E-state index in [1.807, 2.05) is 42.8 Å². The zero-order valence-electron chi connectivity index (χ0n) is 15.8. The molecule has 8 nitrogen and oxygen atoms in total. The first-order valence-corrected chi connectivity index (χ1v) is 9.05. The monoisotopic (exact) mass is 368 g/mol. The zero-order chi connectivity index (χ0) is 19.4. The van der Waals surface area contributed by atoms with E-state index in [9.17, 15) is 9.59 Å². The Hall–Kier alpha value is -3.16. The summed E-state index contributed by atoms with van der Waals surface area (Å²) in [6, 6.07) is 8.99. The predicted octanol–water partition coefficient (Wildman–Crippen LogP) is 2.69. The minimum absolute atomic E-state index is 0.166. The van der Waals surface area contributed by atoms with E-state index < -0.39 is 0 Å². The second-order valence-corrected chi connectivity index (χ2v) is 6.51. The van der Waals surface area contributed by atoms with Gasteiger partial charge in [0.1, 0.15) is 5.82 Å². The number of carbonyl (C=O) groups excluding carboxylic acids is 1. The number of urea groups is 1.